The Morgan fingerprint density at radius 3 is 2.93 bits per heavy atom. The maximum atomic E-state index is 10.9. The van der Waals surface area contributed by atoms with Crippen molar-refractivity contribution in [1.29, 1.82) is 0 Å². The molecule has 1 aliphatic rings. The Morgan fingerprint density at radius 1 is 1.53 bits per heavy atom. The van der Waals surface area contributed by atoms with Gasteiger partial charge in [-0.15, -0.1) is 0 Å². The third-order valence-electron chi connectivity index (χ3n) is 2.67. The summed E-state index contributed by atoms with van der Waals surface area (Å²) in [4.78, 5) is 10.9. The van der Waals surface area contributed by atoms with Crippen molar-refractivity contribution in [2.45, 2.75) is 12.3 Å². The Hall–Kier alpha value is -1.03. The third-order valence-corrected chi connectivity index (χ3v) is 3.16. The van der Waals surface area contributed by atoms with Gasteiger partial charge in [0.1, 0.15) is 6.61 Å². The van der Waals surface area contributed by atoms with E-state index in [-0.39, 0.29) is 11.5 Å². The van der Waals surface area contributed by atoms with E-state index >= 15 is 0 Å². The van der Waals surface area contributed by atoms with Gasteiger partial charge in [0.05, 0.1) is 0 Å². The average Bonchev–Trinajstić information content (AvgIpc) is 2.23. The molecular weight excluding hydrogens is 258 g/mol. The topological polar surface area (TPSA) is 38.3 Å². The van der Waals surface area contributed by atoms with Gasteiger partial charge < -0.3 is 10.1 Å². The van der Waals surface area contributed by atoms with Gasteiger partial charge in [-0.05, 0) is 17.7 Å². The van der Waals surface area contributed by atoms with Crippen molar-refractivity contribution < 1.29 is 9.53 Å². The number of nitrogens with one attached hydrogen (secondary N) is 1. The van der Waals surface area contributed by atoms with Crippen LogP contribution in [0.2, 0.25) is 0 Å². The molecule has 0 bridgehead atoms. The Morgan fingerprint density at radius 2 is 2.33 bits per heavy atom. The summed E-state index contributed by atoms with van der Waals surface area (Å²) in [5.41, 5.74) is 1.02. The highest BCUT2D eigenvalue weighted by Crippen LogP contribution is 2.27. The molecule has 0 spiro atoms. The summed E-state index contributed by atoms with van der Waals surface area (Å²) in [6.45, 7) is 3.12. The lowest BCUT2D eigenvalue weighted by atomic mass is 9.82. The number of halogens is 1. The van der Waals surface area contributed by atoms with Gasteiger partial charge >= 0.3 is 6.09 Å². The molecule has 1 unspecified atom stereocenters. The number of ether oxygens (including phenoxy) is 1. The zero-order valence-corrected chi connectivity index (χ0v) is 10.0. The van der Waals surface area contributed by atoms with Crippen molar-refractivity contribution >= 4 is 22.0 Å². The van der Waals surface area contributed by atoms with Crippen LogP contribution in [0.15, 0.2) is 28.7 Å². The van der Waals surface area contributed by atoms with Crippen LogP contribution >= 0.6 is 15.9 Å². The number of carbonyl (C=O) groups excluding carboxylic acids is 1. The Balaban J connectivity index is 2.25. The molecule has 15 heavy (non-hydrogen) atoms. The summed E-state index contributed by atoms with van der Waals surface area (Å²) >= 11 is 3.44. The minimum atomic E-state index is -0.331. The van der Waals surface area contributed by atoms with E-state index in [0.717, 1.165) is 10.0 Å². The molecule has 1 aromatic carbocycles. The summed E-state index contributed by atoms with van der Waals surface area (Å²) in [5, 5.41) is 2.71. The highest BCUT2D eigenvalue weighted by molar-refractivity contribution is 9.10. The lowest BCUT2D eigenvalue weighted by Gasteiger charge is -2.33. The number of amides is 1. The maximum Gasteiger partial charge on any atom is 0.407 e. The number of cyclic esters (lactones) is 1. The van der Waals surface area contributed by atoms with E-state index in [1.54, 1.807) is 0 Å². The fourth-order valence-corrected chi connectivity index (χ4v) is 2.04. The minimum absolute atomic E-state index is 0.141. The van der Waals surface area contributed by atoms with Crippen molar-refractivity contribution in [2.24, 2.45) is 0 Å². The molecule has 1 saturated heterocycles. The van der Waals surface area contributed by atoms with Gasteiger partial charge in [0.2, 0.25) is 0 Å². The third kappa shape index (κ3) is 2.15. The smallest absolute Gasteiger partial charge is 0.407 e. The van der Waals surface area contributed by atoms with Gasteiger partial charge in [-0.25, -0.2) is 4.79 Å². The van der Waals surface area contributed by atoms with Crippen molar-refractivity contribution in [1.82, 2.24) is 5.32 Å². The molecule has 0 saturated carbocycles. The molecule has 0 radical (unpaired) electrons. The molecule has 4 heteroatoms. The molecule has 1 fully saturated rings. The maximum absolute atomic E-state index is 10.9. The van der Waals surface area contributed by atoms with Crippen molar-refractivity contribution in [3.63, 3.8) is 0 Å². The van der Waals surface area contributed by atoms with Crippen LogP contribution in [0.1, 0.15) is 12.5 Å². The zero-order valence-electron chi connectivity index (χ0n) is 8.42. The minimum Gasteiger partial charge on any atom is -0.449 e. The second-order valence-electron chi connectivity index (χ2n) is 4.00. The summed E-state index contributed by atoms with van der Waals surface area (Å²) in [5.74, 6) is 0. The highest BCUT2D eigenvalue weighted by Gasteiger charge is 2.33. The summed E-state index contributed by atoms with van der Waals surface area (Å²) in [6, 6.07) is 8.07. The van der Waals surface area contributed by atoms with Crippen LogP contribution in [0.3, 0.4) is 0 Å². The number of carbonyl (C=O) groups is 1. The van der Waals surface area contributed by atoms with E-state index in [1.807, 2.05) is 18.2 Å². The standard InChI is InChI=1S/C11H12BrNO2/c1-11(6-13-10(14)15-7-11)8-3-2-4-9(12)5-8/h2-5H,6-7H2,1H3,(H,13,14). The van der Waals surface area contributed by atoms with Crippen molar-refractivity contribution in [3.05, 3.63) is 34.3 Å². The van der Waals surface area contributed by atoms with E-state index in [4.69, 9.17) is 4.74 Å². The Labute approximate surface area is 96.9 Å². The van der Waals surface area contributed by atoms with Gasteiger partial charge in [-0.2, -0.15) is 0 Å². The number of rotatable bonds is 1. The molecule has 2 rings (SSSR count). The van der Waals surface area contributed by atoms with Gasteiger partial charge in [0.15, 0.2) is 0 Å². The molecule has 1 atom stereocenters. The summed E-state index contributed by atoms with van der Waals surface area (Å²) < 4.78 is 6.06. The fraction of sp³-hybridized carbons (Fsp3) is 0.364. The van der Waals surface area contributed by atoms with Crippen LogP contribution in [0.25, 0.3) is 0 Å². The first kappa shape index (κ1) is 10.5. The molecule has 0 aromatic heterocycles. The van der Waals surface area contributed by atoms with E-state index < -0.39 is 0 Å². The summed E-state index contributed by atoms with van der Waals surface area (Å²) in [7, 11) is 0. The molecular formula is C11H12BrNO2. The van der Waals surface area contributed by atoms with Crippen LogP contribution < -0.4 is 5.32 Å². The van der Waals surface area contributed by atoms with Crippen LogP contribution in [-0.4, -0.2) is 19.2 Å². The fourth-order valence-electron chi connectivity index (χ4n) is 1.64. The normalized spacial score (nSPS) is 25.6. The molecule has 1 heterocycles. The van der Waals surface area contributed by atoms with Gasteiger partial charge in [-0.1, -0.05) is 35.0 Å². The Bertz CT molecular complexity index is 382. The highest BCUT2D eigenvalue weighted by atomic mass is 79.9. The second-order valence-corrected chi connectivity index (χ2v) is 4.92. The first-order valence-electron chi connectivity index (χ1n) is 4.77. The van der Waals surface area contributed by atoms with Crippen LogP contribution in [0.5, 0.6) is 0 Å². The predicted octanol–water partition coefficient (Wildman–Crippen LogP) is 2.45. The van der Waals surface area contributed by atoms with E-state index in [1.165, 1.54) is 0 Å². The van der Waals surface area contributed by atoms with Crippen LogP contribution in [0, 0.1) is 0 Å². The average molecular weight is 270 g/mol. The van der Waals surface area contributed by atoms with Gasteiger partial charge in [0.25, 0.3) is 0 Å². The van der Waals surface area contributed by atoms with Crippen molar-refractivity contribution in [3.8, 4) is 0 Å². The first-order chi connectivity index (χ1) is 7.10. The molecule has 1 amide bonds. The lowest BCUT2D eigenvalue weighted by Crippen LogP contribution is -2.48. The summed E-state index contributed by atoms with van der Waals surface area (Å²) in [6.07, 6.45) is -0.331. The quantitative estimate of drug-likeness (QED) is 0.851. The number of hydrogen-bond acceptors (Lipinski definition) is 2. The number of hydrogen-bond donors (Lipinski definition) is 1. The molecule has 3 nitrogen and oxygen atoms in total. The molecule has 1 aromatic rings. The van der Waals surface area contributed by atoms with Crippen LogP contribution in [-0.2, 0) is 10.2 Å². The number of alkyl carbamates (subject to hydrolysis) is 1. The number of benzene rings is 1. The van der Waals surface area contributed by atoms with E-state index in [9.17, 15) is 4.79 Å². The SMILES string of the molecule is CC1(c2cccc(Br)c2)CNC(=O)OC1. The largest absolute Gasteiger partial charge is 0.449 e. The lowest BCUT2D eigenvalue weighted by molar-refractivity contribution is 0.0929. The monoisotopic (exact) mass is 269 g/mol. The molecule has 1 aliphatic heterocycles. The molecule has 1 N–H and O–H groups in total. The van der Waals surface area contributed by atoms with Crippen LogP contribution in [0.4, 0.5) is 4.79 Å². The predicted molar refractivity (Wildman–Crippen MR) is 60.8 cm³/mol. The molecule has 0 aliphatic carbocycles. The van der Waals surface area contributed by atoms with Gasteiger partial charge in [0, 0.05) is 16.4 Å². The second kappa shape index (κ2) is 3.85. The van der Waals surface area contributed by atoms with E-state index in [2.05, 4.69) is 34.2 Å². The zero-order chi connectivity index (χ0) is 10.9. The van der Waals surface area contributed by atoms with E-state index in [0.29, 0.717) is 13.2 Å². The van der Waals surface area contributed by atoms with Gasteiger partial charge in [-0.3, -0.25) is 0 Å². The Kier molecular flexibility index (Phi) is 2.69. The first-order valence-corrected chi connectivity index (χ1v) is 5.56. The van der Waals surface area contributed by atoms with Crippen molar-refractivity contribution in [2.75, 3.05) is 13.2 Å². The molecule has 80 valence electrons.